The normalized spacial score (nSPS) is 21.9. The first kappa shape index (κ1) is 13.5. The van der Waals surface area contributed by atoms with Gasteiger partial charge in [-0.05, 0) is 19.5 Å². The van der Waals surface area contributed by atoms with Gasteiger partial charge < -0.3 is 4.90 Å². The van der Waals surface area contributed by atoms with Gasteiger partial charge in [0.25, 0.3) is 0 Å². The minimum Gasteiger partial charge on any atom is -0.341 e. The molecule has 0 bridgehead atoms. The summed E-state index contributed by atoms with van der Waals surface area (Å²) in [7, 11) is 0. The van der Waals surface area contributed by atoms with E-state index in [0.717, 1.165) is 32.6 Å². The van der Waals surface area contributed by atoms with E-state index in [-0.39, 0.29) is 5.41 Å². The number of amides is 1. The predicted octanol–water partition coefficient (Wildman–Crippen LogP) is 1.98. The highest BCUT2D eigenvalue weighted by molar-refractivity contribution is 5.81. The van der Waals surface area contributed by atoms with Crippen molar-refractivity contribution in [3.63, 3.8) is 0 Å². The van der Waals surface area contributed by atoms with Crippen LogP contribution < -0.4 is 0 Å². The van der Waals surface area contributed by atoms with E-state index in [9.17, 15) is 4.79 Å². The minimum absolute atomic E-state index is 0.238. The lowest BCUT2D eigenvalue weighted by Crippen LogP contribution is -2.41. The van der Waals surface area contributed by atoms with Crippen molar-refractivity contribution in [2.24, 2.45) is 5.41 Å². The molecular formula is C13H26N2O. The molecule has 0 spiro atoms. The topological polar surface area (TPSA) is 23.6 Å². The average Bonchev–Trinajstić information content (AvgIpc) is 2.66. The van der Waals surface area contributed by atoms with E-state index in [1.54, 1.807) is 0 Å². The summed E-state index contributed by atoms with van der Waals surface area (Å²) in [5.41, 5.74) is -0.238. The summed E-state index contributed by atoms with van der Waals surface area (Å²) in [5, 5.41) is 0. The average molecular weight is 226 g/mol. The lowest BCUT2D eigenvalue weighted by Gasteiger charge is -2.28. The summed E-state index contributed by atoms with van der Waals surface area (Å²) in [6.45, 7) is 14.4. The van der Waals surface area contributed by atoms with Gasteiger partial charge in [-0.1, -0.05) is 34.6 Å². The third-order valence-electron chi connectivity index (χ3n) is 3.42. The molecule has 1 rings (SSSR count). The van der Waals surface area contributed by atoms with Gasteiger partial charge in [0.15, 0.2) is 0 Å². The van der Waals surface area contributed by atoms with E-state index in [0.29, 0.717) is 11.9 Å². The van der Waals surface area contributed by atoms with Gasteiger partial charge in [-0.3, -0.25) is 9.69 Å². The highest BCUT2D eigenvalue weighted by Gasteiger charge is 2.34. The largest absolute Gasteiger partial charge is 0.341 e. The number of likely N-dealkylation sites (N-methyl/N-ethyl adjacent to an activating group) is 1. The summed E-state index contributed by atoms with van der Waals surface area (Å²) in [6.07, 6.45) is 1.13. The van der Waals surface area contributed by atoms with E-state index in [2.05, 4.69) is 18.7 Å². The molecule has 0 radical (unpaired) electrons. The van der Waals surface area contributed by atoms with Crippen molar-refractivity contribution in [1.82, 2.24) is 9.80 Å². The maximum absolute atomic E-state index is 12.1. The fourth-order valence-corrected chi connectivity index (χ4v) is 2.44. The van der Waals surface area contributed by atoms with Gasteiger partial charge in [0.05, 0.1) is 0 Å². The number of carbonyl (C=O) groups excluding carboxylic acids is 1. The summed E-state index contributed by atoms with van der Waals surface area (Å²) in [4.78, 5) is 16.6. The molecule has 0 aromatic carbocycles. The Balaban J connectivity index is 2.56. The molecule has 3 nitrogen and oxygen atoms in total. The predicted molar refractivity (Wildman–Crippen MR) is 67.4 cm³/mol. The Morgan fingerprint density at radius 1 is 1.31 bits per heavy atom. The van der Waals surface area contributed by atoms with Crippen molar-refractivity contribution in [1.29, 1.82) is 0 Å². The van der Waals surface area contributed by atoms with Crippen LogP contribution in [-0.4, -0.2) is 47.9 Å². The molecule has 3 heteroatoms. The number of hydrogen-bond acceptors (Lipinski definition) is 2. The van der Waals surface area contributed by atoms with Crippen molar-refractivity contribution in [3.8, 4) is 0 Å². The van der Waals surface area contributed by atoms with Gasteiger partial charge in [0.2, 0.25) is 5.91 Å². The maximum atomic E-state index is 12.1. The molecule has 0 aromatic heterocycles. The lowest BCUT2D eigenvalue weighted by atomic mass is 9.95. The first-order valence-electron chi connectivity index (χ1n) is 6.43. The van der Waals surface area contributed by atoms with Crippen LogP contribution in [0.25, 0.3) is 0 Å². The van der Waals surface area contributed by atoms with Crippen LogP contribution in [0.5, 0.6) is 0 Å². The Morgan fingerprint density at radius 2 is 1.88 bits per heavy atom. The van der Waals surface area contributed by atoms with Crippen LogP contribution in [-0.2, 0) is 4.79 Å². The first-order valence-corrected chi connectivity index (χ1v) is 6.43. The third-order valence-corrected chi connectivity index (χ3v) is 3.42. The van der Waals surface area contributed by atoms with Gasteiger partial charge in [-0.25, -0.2) is 0 Å². The van der Waals surface area contributed by atoms with Crippen molar-refractivity contribution in [2.75, 3.05) is 26.2 Å². The molecule has 0 N–H and O–H groups in total. The molecule has 1 aliphatic heterocycles. The molecular weight excluding hydrogens is 200 g/mol. The van der Waals surface area contributed by atoms with Gasteiger partial charge in [0.1, 0.15) is 0 Å². The molecule has 1 fully saturated rings. The standard InChI is InChI=1S/C13H26N2O/c1-6-14(7-2)11-8-9-15(10-11)12(16)13(3,4)5/h11H,6-10H2,1-5H3. The second kappa shape index (κ2) is 5.17. The Bertz CT molecular complexity index is 241. The molecule has 1 atom stereocenters. The summed E-state index contributed by atoms with van der Waals surface area (Å²) < 4.78 is 0. The first-order chi connectivity index (χ1) is 7.40. The van der Waals surface area contributed by atoms with Crippen molar-refractivity contribution in [2.45, 2.75) is 47.1 Å². The maximum Gasteiger partial charge on any atom is 0.228 e. The number of rotatable bonds is 3. The zero-order chi connectivity index (χ0) is 12.3. The Labute approximate surface area is 99.8 Å². The Morgan fingerprint density at radius 3 is 2.31 bits per heavy atom. The fraction of sp³-hybridized carbons (Fsp3) is 0.923. The van der Waals surface area contributed by atoms with Gasteiger partial charge in [-0.2, -0.15) is 0 Å². The molecule has 94 valence electrons. The van der Waals surface area contributed by atoms with Crippen LogP contribution >= 0.6 is 0 Å². The number of nitrogens with zero attached hydrogens (tertiary/aromatic N) is 2. The van der Waals surface area contributed by atoms with Gasteiger partial charge in [-0.15, -0.1) is 0 Å². The van der Waals surface area contributed by atoms with Crippen molar-refractivity contribution < 1.29 is 4.79 Å². The number of hydrogen-bond donors (Lipinski definition) is 0. The van der Waals surface area contributed by atoms with E-state index < -0.39 is 0 Å². The molecule has 1 unspecified atom stereocenters. The Kier molecular flexibility index (Phi) is 4.36. The lowest BCUT2D eigenvalue weighted by molar-refractivity contribution is -0.138. The summed E-state index contributed by atoms with van der Waals surface area (Å²) in [5.74, 6) is 0.294. The smallest absolute Gasteiger partial charge is 0.228 e. The molecule has 16 heavy (non-hydrogen) atoms. The van der Waals surface area contributed by atoms with Crippen LogP contribution in [0.15, 0.2) is 0 Å². The van der Waals surface area contributed by atoms with Crippen LogP contribution in [0.3, 0.4) is 0 Å². The number of carbonyl (C=O) groups is 1. The quantitative estimate of drug-likeness (QED) is 0.734. The molecule has 0 aliphatic carbocycles. The molecule has 1 amide bonds. The Hall–Kier alpha value is -0.570. The van der Waals surface area contributed by atoms with E-state index in [1.807, 2.05) is 25.7 Å². The SMILES string of the molecule is CCN(CC)C1CCN(C(=O)C(C)(C)C)C1. The van der Waals surface area contributed by atoms with E-state index >= 15 is 0 Å². The summed E-state index contributed by atoms with van der Waals surface area (Å²) >= 11 is 0. The molecule has 1 saturated heterocycles. The monoisotopic (exact) mass is 226 g/mol. The van der Waals surface area contributed by atoms with Gasteiger partial charge >= 0.3 is 0 Å². The van der Waals surface area contributed by atoms with Crippen LogP contribution in [0, 0.1) is 5.41 Å². The highest BCUT2D eigenvalue weighted by atomic mass is 16.2. The van der Waals surface area contributed by atoms with Crippen molar-refractivity contribution in [3.05, 3.63) is 0 Å². The second-order valence-electron chi connectivity index (χ2n) is 5.66. The molecule has 0 aromatic rings. The number of likely N-dealkylation sites (tertiary alicyclic amines) is 1. The highest BCUT2D eigenvalue weighted by Crippen LogP contribution is 2.23. The second-order valence-corrected chi connectivity index (χ2v) is 5.66. The third kappa shape index (κ3) is 2.97. The minimum atomic E-state index is -0.238. The molecule has 1 heterocycles. The molecule has 1 aliphatic rings. The molecule has 0 saturated carbocycles. The van der Waals surface area contributed by atoms with E-state index in [4.69, 9.17) is 0 Å². The van der Waals surface area contributed by atoms with Crippen LogP contribution in [0.4, 0.5) is 0 Å². The van der Waals surface area contributed by atoms with Crippen LogP contribution in [0.2, 0.25) is 0 Å². The van der Waals surface area contributed by atoms with Crippen LogP contribution in [0.1, 0.15) is 41.0 Å². The zero-order valence-corrected chi connectivity index (χ0v) is 11.4. The van der Waals surface area contributed by atoms with Gasteiger partial charge in [0, 0.05) is 24.5 Å². The van der Waals surface area contributed by atoms with E-state index in [1.165, 1.54) is 0 Å². The zero-order valence-electron chi connectivity index (χ0n) is 11.4. The fourth-order valence-electron chi connectivity index (χ4n) is 2.44. The summed E-state index contributed by atoms with van der Waals surface area (Å²) in [6, 6.07) is 0.571. The van der Waals surface area contributed by atoms with Crippen molar-refractivity contribution >= 4 is 5.91 Å².